The lowest BCUT2D eigenvalue weighted by Crippen LogP contribution is -3.15. The first kappa shape index (κ1) is 6.62. The molecule has 2 aliphatic heterocycles. The minimum atomic E-state index is 1.02. The summed E-state index contributed by atoms with van der Waals surface area (Å²) in [6.45, 7) is 5.69. The quantitative estimate of drug-likeness (QED) is 0.423. The van der Waals surface area contributed by atoms with Gasteiger partial charge >= 0.3 is 0 Å². The van der Waals surface area contributed by atoms with E-state index in [-0.39, 0.29) is 0 Å². The molecular weight excluding hydrogens is 124 g/mol. The molecule has 0 saturated carbocycles. The fourth-order valence-corrected chi connectivity index (χ4v) is 2.36. The normalized spacial score (nSPS) is 35.4. The second kappa shape index (κ2) is 2.89. The molecule has 2 nitrogen and oxygen atoms in total. The van der Waals surface area contributed by atoms with Crippen LogP contribution in [0, 0.1) is 0 Å². The van der Waals surface area contributed by atoms with Gasteiger partial charge in [-0.1, -0.05) is 0 Å². The van der Waals surface area contributed by atoms with Gasteiger partial charge in [0.25, 0.3) is 0 Å². The van der Waals surface area contributed by atoms with Crippen molar-refractivity contribution in [1.29, 1.82) is 0 Å². The molecule has 0 amide bonds. The molecule has 3 N–H and O–H groups in total. The summed E-state index contributed by atoms with van der Waals surface area (Å²) in [5, 5.41) is 2.47. The first-order valence-corrected chi connectivity index (χ1v) is 4.63. The summed E-state index contributed by atoms with van der Waals surface area (Å²) in [5.41, 5.74) is 0. The van der Waals surface area contributed by atoms with Crippen molar-refractivity contribution in [3.63, 3.8) is 0 Å². The molecule has 0 aliphatic carbocycles. The van der Waals surface area contributed by atoms with E-state index in [1.165, 1.54) is 45.4 Å². The van der Waals surface area contributed by atoms with Crippen molar-refractivity contribution >= 4 is 0 Å². The van der Waals surface area contributed by atoms with E-state index in [1.807, 2.05) is 4.90 Å². The van der Waals surface area contributed by atoms with Crippen LogP contribution >= 0.6 is 0 Å². The van der Waals surface area contributed by atoms with Crippen molar-refractivity contribution in [2.24, 2.45) is 0 Å². The lowest BCUT2D eigenvalue weighted by Gasteiger charge is -2.16. The molecule has 2 heterocycles. The Labute approximate surface area is 62.6 Å². The molecule has 0 spiro atoms. The summed E-state index contributed by atoms with van der Waals surface area (Å²) >= 11 is 0. The Hall–Kier alpha value is -0.0800. The van der Waals surface area contributed by atoms with Crippen LogP contribution in [0.15, 0.2) is 0 Å². The fourth-order valence-electron chi connectivity index (χ4n) is 2.36. The maximum atomic E-state index is 2.47. The molecule has 2 heteroatoms. The lowest BCUT2D eigenvalue weighted by molar-refractivity contribution is -0.918. The van der Waals surface area contributed by atoms with Crippen LogP contribution in [0.3, 0.4) is 0 Å². The maximum absolute atomic E-state index is 2.47. The van der Waals surface area contributed by atoms with Crippen LogP contribution in [-0.4, -0.2) is 32.2 Å². The Morgan fingerprint density at radius 3 is 2.60 bits per heavy atom. The molecule has 10 heavy (non-hydrogen) atoms. The van der Waals surface area contributed by atoms with Crippen molar-refractivity contribution in [1.82, 2.24) is 0 Å². The van der Waals surface area contributed by atoms with E-state index < -0.39 is 0 Å². The fraction of sp³-hybridized carbons (Fsp3) is 1.00. The minimum absolute atomic E-state index is 1.02. The van der Waals surface area contributed by atoms with Gasteiger partial charge in [0.1, 0.15) is 12.6 Å². The molecule has 2 aliphatic rings. The highest BCUT2D eigenvalue weighted by Gasteiger charge is 2.30. The zero-order valence-corrected chi connectivity index (χ0v) is 6.60. The van der Waals surface area contributed by atoms with Crippen LogP contribution in [0.5, 0.6) is 0 Å². The van der Waals surface area contributed by atoms with Crippen LogP contribution in [0.4, 0.5) is 0 Å². The van der Waals surface area contributed by atoms with Crippen molar-refractivity contribution in [2.45, 2.75) is 25.3 Å². The number of likely N-dealkylation sites (tertiary alicyclic amines) is 1. The van der Waals surface area contributed by atoms with Gasteiger partial charge in [0, 0.05) is 12.8 Å². The van der Waals surface area contributed by atoms with Gasteiger partial charge in [-0.15, -0.1) is 0 Å². The lowest BCUT2D eigenvalue weighted by atomic mass is 10.2. The van der Waals surface area contributed by atoms with E-state index in [0.717, 1.165) is 6.04 Å². The number of quaternary nitrogens is 2. The van der Waals surface area contributed by atoms with E-state index in [1.54, 1.807) is 0 Å². The molecule has 58 valence electrons. The number of nitrogens with one attached hydrogen (secondary N) is 1. The molecule has 2 rings (SSSR count). The highest BCUT2D eigenvalue weighted by molar-refractivity contribution is 4.59. The molecule has 0 aromatic rings. The number of hydrogen-bond acceptors (Lipinski definition) is 0. The van der Waals surface area contributed by atoms with Gasteiger partial charge < -0.3 is 10.2 Å². The third kappa shape index (κ3) is 1.18. The summed E-state index contributed by atoms with van der Waals surface area (Å²) < 4.78 is 0. The van der Waals surface area contributed by atoms with Gasteiger partial charge in [0.2, 0.25) is 0 Å². The molecule has 0 radical (unpaired) electrons. The predicted molar refractivity (Wildman–Crippen MR) is 40.0 cm³/mol. The average molecular weight is 142 g/mol. The summed E-state index contributed by atoms with van der Waals surface area (Å²) in [6, 6.07) is 1.02. The third-order valence-corrected chi connectivity index (χ3v) is 2.99. The van der Waals surface area contributed by atoms with Crippen molar-refractivity contribution < 1.29 is 10.2 Å². The Kier molecular flexibility index (Phi) is 1.91. The molecule has 0 aromatic carbocycles. The summed E-state index contributed by atoms with van der Waals surface area (Å²) in [7, 11) is 0. The standard InChI is InChI=1S/C8H16N2/c1-2-6-10(5-1)8-3-4-9-7-8/h8-9H,1-7H2/p+2/t8-/m0/s1. The molecule has 0 bridgehead atoms. The van der Waals surface area contributed by atoms with Crippen molar-refractivity contribution in [3.8, 4) is 0 Å². The van der Waals surface area contributed by atoms with Crippen LogP contribution in [0.1, 0.15) is 19.3 Å². The van der Waals surface area contributed by atoms with Crippen LogP contribution in [-0.2, 0) is 0 Å². The van der Waals surface area contributed by atoms with Gasteiger partial charge in [-0.25, -0.2) is 0 Å². The highest BCUT2D eigenvalue weighted by atomic mass is 15.2. The van der Waals surface area contributed by atoms with Gasteiger partial charge in [-0.2, -0.15) is 0 Å². The first-order valence-electron chi connectivity index (χ1n) is 4.63. The molecule has 2 saturated heterocycles. The van der Waals surface area contributed by atoms with Gasteiger partial charge in [0.05, 0.1) is 26.1 Å². The smallest absolute Gasteiger partial charge is 0.142 e. The van der Waals surface area contributed by atoms with E-state index in [2.05, 4.69) is 5.32 Å². The molecule has 2 fully saturated rings. The number of hydrogen-bond donors (Lipinski definition) is 2. The van der Waals surface area contributed by atoms with Gasteiger partial charge in [-0.3, -0.25) is 0 Å². The zero-order valence-electron chi connectivity index (χ0n) is 6.60. The van der Waals surface area contributed by atoms with E-state index in [0.29, 0.717) is 0 Å². The average Bonchev–Trinajstić information content (AvgIpc) is 2.59. The molecule has 1 atom stereocenters. The summed E-state index contributed by atoms with van der Waals surface area (Å²) in [4.78, 5) is 1.90. The summed E-state index contributed by atoms with van der Waals surface area (Å²) in [6.07, 6.45) is 4.42. The zero-order chi connectivity index (χ0) is 6.81. The first-order chi connectivity index (χ1) is 4.97. The Morgan fingerprint density at radius 2 is 2.00 bits per heavy atom. The molecule has 0 aromatic heterocycles. The largest absolute Gasteiger partial charge is 0.341 e. The summed E-state index contributed by atoms with van der Waals surface area (Å²) in [5.74, 6) is 0. The van der Waals surface area contributed by atoms with Gasteiger partial charge in [0.15, 0.2) is 0 Å². The Balaban J connectivity index is 1.85. The third-order valence-electron chi connectivity index (χ3n) is 2.99. The minimum Gasteiger partial charge on any atom is -0.341 e. The monoisotopic (exact) mass is 142 g/mol. The van der Waals surface area contributed by atoms with Crippen molar-refractivity contribution in [3.05, 3.63) is 0 Å². The highest BCUT2D eigenvalue weighted by Crippen LogP contribution is 1.93. The number of nitrogens with two attached hydrogens (primary N) is 1. The van der Waals surface area contributed by atoms with Gasteiger partial charge in [-0.05, 0) is 0 Å². The van der Waals surface area contributed by atoms with Crippen LogP contribution in [0.2, 0.25) is 0 Å². The molecule has 0 unspecified atom stereocenters. The van der Waals surface area contributed by atoms with Crippen LogP contribution < -0.4 is 10.2 Å². The van der Waals surface area contributed by atoms with E-state index >= 15 is 0 Å². The topological polar surface area (TPSA) is 21.1 Å². The number of rotatable bonds is 1. The Morgan fingerprint density at radius 1 is 1.20 bits per heavy atom. The predicted octanol–water partition coefficient (Wildman–Crippen LogP) is -2.00. The maximum Gasteiger partial charge on any atom is 0.142 e. The second-order valence-electron chi connectivity index (χ2n) is 3.66. The van der Waals surface area contributed by atoms with E-state index in [9.17, 15) is 0 Å². The Bertz CT molecular complexity index is 87.8. The van der Waals surface area contributed by atoms with Crippen LogP contribution in [0.25, 0.3) is 0 Å². The second-order valence-corrected chi connectivity index (χ2v) is 3.66. The SMILES string of the molecule is C1CC[NH+]([C@H]2CC[NH2+]C2)C1. The molecular formula is C8H18N2+2. The van der Waals surface area contributed by atoms with Crippen molar-refractivity contribution in [2.75, 3.05) is 26.2 Å². The van der Waals surface area contributed by atoms with E-state index in [4.69, 9.17) is 0 Å².